The van der Waals surface area contributed by atoms with Crippen molar-refractivity contribution in [1.29, 1.82) is 0 Å². The molecule has 0 unspecified atom stereocenters. The summed E-state index contributed by atoms with van der Waals surface area (Å²) in [6.07, 6.45) is 5.08. The third-order valence-electron chi connectivity index (χ3n) is 1.91. The van der Waals surface area contributed by atoms with Gasteiger partial charge in [0.1, 0.15) is 0 Å². The van der Waals surface area contributed by atoms with Crippen molar-refractivity contribution >= 4 is 11.4 Å². The van der Waals surface area contributed by atoms with Gasteiger partial charge in [-0.25, -0.2) is 0 Å². The molecule has 0 saturated heterocycles. The topological polar surface area (TPSA) is 52.0 Å². The minimum atomic E-state index is 0.744. The van der Waals surface area contributed by atoms with Gasteiger partial charge in [0.05, 0.1) is 0 Å². The Hall–Kier alpha value is -1.44. The first-order valence-corrected chi connectivity index (χ1v) is 4.48. The molecule has 0 bridgehead atoms. The second kappa shape index (κ2) is 4.55. The molecule has 0 saturated carbocycles. The lowest BCUT2D eigenvalue weighted by molar-refractivity contribution is 0.845. The minimum Gasteiger partial charge on any atom is -0.399 e. The van der Waals surface area contributed by atoms with Gasteiger partial charge in [0, 0.05) is 11.4 Å². The third-order valence-corrected chi connectivity index (χ3v) is 1.91. The molecule has 1 aromatic rings. The van der Waals surface area contributed by atoms with Crippen LogP contribution in [0.15, 0.2) is 30.9 Å². The van der Waals surface area contributed by atoms with Crippen molar-refractivity contribution in [3.8, 4) is 0 Å². The summed E-state index contributed by atoms with van der Waals surface area (Å²) in [6, 6.07) is 5.72. The number of nitrogen functional groups attached to an aromatic ring is 2. The maximum Gasteiger partial charge on any atom is 0.0337 e. The van der Waals surface area contributed by atoms with E-state index in [0.717, 1.165) is 30.6 Å². The second-order valence-electron chi connectivity index (χ2n) is 3.19. The van der Waals surface area contributed by atoms with Crippen LogP contribution < -0.4 is 11.5 Å². The number of nitrogens with two attached hydrogens (primary N) is 2. The number of aryl methyl sites for hydroxylation is 1. The van der Waals surface area contributed by atoms with Crippen molar-refractivity contribution < 1.29 is 0 Å². The van der Waals surface area contributed by atoms with Crippen LogP contribution in [0.2, 0.25) is 0 Å². The fraction of sp³-hybridized carbons (Fsp3) is 0.273. The standard InChI is InChI=1S/C11H16N2/c1-2-3-4-5-9-6-10(12)8-11(13)7-9/h2,6-8H,1,3-5,12-13H2. The summed E-state index contributed by atoms with van der Waals surface area (Å²) >= 11 is 0. The molecule has 0 aliphatic heterocycles. The van der Waals surface area contributed by atoms with Crippen LogP contribution in [0.4, 0.5) is 11.4 Å². The third kappa shape index (κ3) is 3.20. The fourth-order valence-electron chi connectivity index (χ4n) is 1.34. The van der Waals surface area contributed by atoms with Gasteiger partial charge >= 0.3 is 0 Å². The van der Waals surface area contributed by atoms with Gasteiger partial charge in [-0.05, 0) is 43.0 Å². The molecule has 0 heterocycles. The minimum absolute atomic E-state index is 0.744. The van der Waals surface area contributed by atoms with Crippen molar-refractivity contribution in [2.24, 2.45) is 0 Å². The van der Waals surface area contributed by atoms with E-state index in [1.54, 1.807) is 6.07 Å². The number of benzene rings is 1. The van der Waals surface area contributed by atoms with E-state index in [0.29, 0.717) is 0 Å². The van der Waals surface area contributed by atoms with Crippen molar-refractivity contribution in [2.75, 3.05) is 11.5 Å². The molecule has 4 N–H and O–H groups in total. The summed E-state index contributed by atoms with van der Waals surface area (Å²) in [5.74, 6) is 0. The molecule has 2 nitrogen and oxygen atoms in total. The first-order valence-electron chi connectivity index (χ1n) is 4.48. The van der Waals surface area contributed by atoms with Crippen LogP contribution in [0.3, 0.4) is 0 Å². The number of hydrogen-bond donors (Lipinski definition) is 2. The molecule has 1 rings (SSSR count). The summed E-state index contributed by atoms with van der Waals surface area (Å²) in [6.45, 7) is 3.68. The number of unbranched alkanes of at least 4 members (excludes halogenated alkanes) is 1. The van der Waals surface area contributed by atoms with Crippen LogP contribution in [0.1, 0.15) is 18.4 Å². The first kappa shape index (κ1) is 9.65. The van der Waals surface area contributed by atoms with Gasteiger partial charge in [-0.2, -0.15) is 0 Å². The van der Waals surface area contributed by atoms with Crippen LogP contribution in [0.25, 0.3) is 0 Å². The van der Waals surface area contributed by atoms with E-state index in [-0.39, 0.29) is 0 Å². The monoisotopic (exact) mass is 176 g/mol. The lowest BCUT2D eigenvalue weighted by Crippen LogP contribution is -1.93. The zero-order valence-electron chi connectivity index (χ0n) is 7.79. The summed E-state index contributed by atoms with van der Waals surface area (Å²) in [4.78, 5) is 0. The molecule has 1 aromatic carbocycles. The molecule has 0 atom stereocenters. The molecular weight excluding hydrogens is 160 g/mol. The Morgan fingerprint density at radius 3 is 2.31 bits per heavy atom. The van der Waals surface area contributed by atoms with E-state index in [4.69, 9.17) is 11.5 Å². The van der Waals surface area contributed by atoms with E-state index >= 15 is 0 Å². The molecule has 0 aliphatic carbocycles. The molecule has 0 radical (unpaired) electrons. The first-order chi connectivity index (χ1) is 6.22. The highest BCUT2D eigenvalue weighted by atomic mass is 14.6. The second-order valence-corrected chi connectivity index (χ2v) is 3.19. The Kier molecular flexibility index (Phi) is 3.38. The van der Waals surface area contributed by atoms with E-state index in [9.17, 15) is 0 Å². The average Bonchev–Trinajstić information content (AvgIpc) is 2.03. The lowest BCUT2D eigenvalue weighted by atomic mass is 10.1. The van der Waals surface area contributed by atoms with Crippen molar-refractivity contribution in [2.45, 2.75) is 19.3 Å². The van der Waals surface area contributed by atoms with Gasteiger partial charge in [0.25, 0.3) is 0 Å². The van der Waals surface area contributed by atoms with Gasteiger partial charge in [0.2, 0.25) is 0 Å². The Balaban J connectivity index is 2.60. The average molecular weight is 176 g/mol. The van der Waals surface area contributed by atoms with Gasteiger partial charge in [0.15, 0.2) is 0 Å². The molecule has 0 aromatic heterocycles. The highest BCUT2D eigenvalue weighted by Crippen LogP contribution is 2.15. The SMILES string of the molecule is C=CCCCc1cc(N)cc(N)c1. The normalized spacial score (nSPS) is 9.85. The lowest BCUT2D eigenvalue weighted by Gasteiger charge is -2.03. The van der Waals surface area contributed by atoms with Crippen molar-refractivity contribution in [3.63, 3.8) is 0 Å². The number of anilines is 2. The van der Waals surface area contributed by atoms with Crippen molar-refractivity contribution in [1.82, 2.24) is 0 Å². The van der Waals surface area contributed by atoms with Gasteiger partial charge in [-0.1, -0.05) is 6.08 Å². The highest BCUT2D eigenvalue weighted by molar-refractivity contribution is 5.54. The summed E-state index contributed by atoms with van der Waals surface area (Å²) in [5.41, 5.74) is 14.0. The van der Waals surface area contributed by atoms with Crippen LogP contribution >= 0.6 is 0 Å². The van der Waals surface area contributed by atoms with E-state index in [2.05, 4.69) is 6.58 Å². The summed E-state index contributed by atoms with van der Waals surface area (Å²) in [7, 11) is 0. The zero-order valence-corrected chi connectivity index (χ0v) is 7.79. The highest BCUT2D eigenvalue weighted by Gasteiger charge is 1.95. The molecule has 0 spiro atoms. The number of rotatable bonds is 4. The van der Waals surface area contributed by atoms with Crippen LogP contribution in [-0.4, -0.2) is 0 Å². The van der Waals surface area contributed by atoms with E-state index in [1.165, 1.54) is 5.56 Å². The molecule has 0 fully saturated rings. The van der Waals surface area contributed by atoms with E-state index in [1.807, 2.05) is 18.2 Å². The number of allylic oxidation sites excluding steroid dienone is 1. The molecule has 70 valence electrons. The van der Waals surface area contributed by atoms with Crippen LogP contribution in [-0.2, 0) is 6.42 Å². The predicted octanol–water partition coefficient (Wildman–Crippen LogP) is 2.36. The molecule has 13 heavy (non-hydrogen) atoms. The van der Waals surface area contributed by atoms with Gasteiger partial charge < -0.3 is 11.5 Å². The Morgan fingerprint density at radius 2 is 1.77 bits per heavy atom. The van der Waals surface area contributed by atoms with Crippen molar-refractivity contribution in [3.05, 3.63) is 36.4 Å². The Bertz CT molecular complexity index is 272. The quantitative estimate of drug-likeness (QED) is 0.420. The smallest absolute Gasteiger partial charge is 0.0337 e. The zero-order chi connectivity index (χ0) is 9.68. The van der Waals surface area contributed by atoms with Gasteiger partial charge in [-0.15, -0.1) is 6.58 Å². The fourth-order valence-corrected chi connectivity index (χ4v) is 1.34. The van der Waals surface area contributed by atoms with Gasteiger partial charge in [-0.3, -0.25) is 0 Å². The molecule has 0 amide bonds. The molecule has 0 aliphatic rings. The largest absolute Gasteiger partial charge is 0.399 e. The Labute approximate surface area is 79.2 Å². The maximum absolute atomic E-state index is 5.66. The predicted molar refractivity (Wildman–Crippen MR) is 58.4 cm³/mol. The van der Waals surface area contributed by atoms with E-state index < -0.39 is 0 Å². The van der Waals surface area contributed by atoms with Crippen LogP contribution in [0.5, 0.6) is 0 Å². The summed E-state index contributed by atoms with van der Waals surface area (Å²) in [5, 5.41) is 0. The Morgan fingerprint density at radius 1 is 1.15 bits per heavy atom. The number of hydrogen-bond acceptors (Lipinski definition) is 2. The molecular formula is C11H16N2. The van der Waals surface area contributed by atoms with Crippen LogP contribution in [0, 0.1) is 0 Å². The maximum atomic E-state index is 5.66. The summed E-state index contributed by atoms with van der Waals surface area (Å²) < 4.78 is 0. The molecule has 2 heteroatoms.